The van der Waals surface area contributed by atoms with E-state index in [1.807, 2.05) is 24.3 Å². The third-order valence-electron chi connectivity index (χ3n) is 5.16. The number of nitrogens with zero attached hydrogens (tertiary/aromatic N) is 2. The van der Waals surface area contributed by atoms with Crippen molar-refractivity contribution in [2.24, 2.45) is 0 Å². The fourth-order valence-corrected chi connectivity index (χ4v) is 5.11. The summed E-state index contributed by atoms with van der Waals surface area (Å²) in [5, 5.41) is 0. The van der Waals surface area contributed by atoms with Crippen molar-refractivity contribution in [2.75, 3.05) is 34.6 Å². The minimum Gasteiger partial charge on any atom is -0.458 e. The highest BCUT2D eigenvalue weighted by atomic mass is 32.2. The minimum atomic E-state index is -3.19. The summed E-state index contributed by atoms with van der Waals surface area (Å²) in [6.45, 7) is 6.69. The second kappa shape index (κ2) is 9.80. The molecule has 2 aromatic carbocycles. The summed E-state index contributed by atoms with van der Waals surface area (Å²) in [6, 6.07) is 15.0. The molecule has 0 radical (unpaired) electrons. The Balaban J connectivity index is 1.59. The van der Waals surface area contributed by atoms with Gasteiger partial charge in [-0.25, -0.2) is 13.2 Å². The maximum absolute atomic E-state index is 12.2. The van der Waals surface area contributed by atoms with Crippen LogP contribution in [0.2, 0.25) is 0 Å². The van der Waals surface area contributed by atoms with Crippen molar-refractivity contribution in [1.29, 1.82) is 0 Å². The number of ether oxygens (including phenoxy) is 1. The van der Waals surface area contributed by atoms with E-state index in [9.17, 15) is 13.2 Å². The maximum atomic E-state index is 12.2. The molecule has 1 heterocycles. The van der Waals surface area contributed by atoms with Gasteiger partial charge in [0.1, 0.15) is 6.61 Å². The van der Waals surface area contributed by atoms with Crippen LogP contribution in [0.15, 0.2) is 54.6 Å². The molecule has 0 unspecified atom stereocenters. The number of carbonyl (C=O) groups is 1. The van der Waals surface area contributed by atoms with Gasteiger partial charge in [0.25, 0.3) is 0 Å². The lowest BCUT2D eigenvalue weighted by Gasteiger charge is -2.23. The van der Waals surface area contributed by atoms with Crippen molar-refractivity contribution in [3.8, 4) is 0 Å². The molecular weight excluding hydrogens is 400 g/mol. The smallest absolute Gasteiger partial charge is 0.331 e. The number of esters is 1. The number of hydrogen-bond donors (Lipinski definition) is 0. The first-order chi connectivity index (χ1) is 14.4. The Morgan fingerprint density at radius 1 is 1.10 bits per heavy atom. The molecule has 1 aliphatic heterocycles. The van der Waals surface area contributed by atoms with Crippen molar-refractivity contribution < 1.29 is 17.9 Å². The number of benzene rings is 2. The molecule has 7 heteroatoms. The molecule has 2 aromatic rings. The van der Waals surface area contributed by atoms with Gasteiger partial charge in [0.2, 0.25) is 10.0 Å². The van der Waals surface area contributed by atoms with E-state index < -0.39 is 16.0 Å². The number of rotatable bonds is 8. The number of anilines is 2. The summed E-state index contributed by atoms with van der Waals surface area (Å²) in [5.74, 6) is -0.228. The second-order valence-electron chi connectivity index (χ2n) is 7.08. The third kappa shape index (κ3) is 5.21. The summed E-state index contributed by atoms with van der Waals surface area (Å²) in [7, 11) is -3.19. The molecule has 0 aliphatic carbocycles. The van der Waals surface area contributed by atoms with Crippen LogP contribution in [-0.4, -0.2) is 39.8 Å². The molecule has 6 nitrogen and oxygen atoms in total. The molecule has 0 N–H and O–H groups in total. The highest BCUT2D eigenvalue weighted by Gasteiger charge is 2.28. The van der Waals surface area contributed by atoms with E-state index in [2.05, 4.69) is 18.7 Å². The van der Waals surface area contributed by atoms with Crippen LogP contribution in [0.3, 0.4) is 0 Å². The van der Waals surface area contributed by atoms with E-state index in [0.29, 0.717) is 18.7 Å². The standard InChI is InChI=1S/C23H28N2O4S/c1-3-24(4-2)22-9-6-5-8-20(22)18-29-23(26)15-12-19-10-13-21(14-11-19)25-16-7-17-30(25,27)28/h5-6,8-15H,3-4,7,16-18H2,1-2H3/b15-12+. The van der Waals surface area contributed by atoms with Crippen LogP contribution in [0.25, 0.3) is 6.08 Å². The van der Waals surface area contributed by atoms with Gasteiger partial charge in [-0.15, -0.1) is 0 Å². The lowest BCUT2D eigenvalue weighted by Crippen LogP contribution is -2.24. The first-order valence-corrected chi connectivity index (χ1v) is 11.8. The predicted molar refractivity (Wildman–Crippen MR) is 121 cm³/mol. The van der Waals surface area contributed by atoms with Crippen molar-refractivity contribution in [3.05, 3.63) is 65.7 Å². The Kier molecular flexibility index (Phi) is 7.15. The Bertz CT molecular complexity index is 996. The maximum Gasteiger partial charge on any atom is 0.331 e. The zero-order valence-corrected chi connectivity index (χ0v) is 18.3. The highest BCUT2D eigenvalue weighted by Crippen LogP contribution is 2.24. The van der Waals surface area contributed by atoms with Gasteiger partial charge in [-0.05, 0) is 50.1 Å². The van der Waals surface area contributed by atoms with E-state index in [0.717, 1.165) is 29.9 Å². The quantitative estimate of drug-likeness (QED) is 0.472. The average Bonchev–Trinajstić information content (AvgIpc) is 3.11. The van der Waals surface area contributed by atoms with Crippen LogP contribution in [0, 0.1) is 0 Å². The van der Waals surface area contributed by atoms with Crippen molar-refractivity contribution in [1.82, 2.24) is 0 Å². The van der Waals surface area contributed by atoms with Crippen LogP contribution in [0.1, 0.15) is 31.4 Å². The first kappa shape index (κ1) is 21.9. The molecule has 0 saturated carbocycles. The topological polar surface area (TPSA) is 66.9 Å². The molecule has 0 spiro atoms. The van der Waals surface area contributed by atoms with Gasteiger partial charge in [0, 0.05) is 37.0 Å². The number of sulfonamides is 1. The minimum absolute atomic E-state index is 0.192. The van der Waals surface area contributed by atoms with E-state index in [4.69, 9.17) is 4.74 Å². The third-order valence-corrected chi connectivity index (χ3v) is 7.03. The number of para-hydroxylation sites is 1. The van der Waals surface area contributed by atoms with Crippen LogP contribution in [-0.2, 0) is 26.2 Å². The molecule has 1 fully saturated rings. The van der Waals surface area contributed by atoms with Gasteiger partial charge in [0.15, 0.2) is 0 Å². The largest absolute Gasteiger partial charge is 0.458 e. The Hall–Kier alpha value is -2.80. The lowest BCUT2D eigenvalue weighted by molar-refractivity contribution is -0.138. The molecule has 1 saturated heterocycles. The van der Waals surface area contributed by atoms with Crippen LogP contribution < -0.4 is 9.21 Å². The molecular formula is C23H28N2O4S. The molecule has 0 aromatic heterocycles. The van der Waals surface area contributed by atoms with E-state index in [-0.39, 0.29) is 12.4 Å². The fourth-order valence-electron chi connectivity index (χ4n) is 3.55. The molecule has 3 rings (SSSR count). The van der Waals surface area contributed by atoms with Gasteiger partial charge < -0.3 is 9.64 Å². The van der Waals surface area contributed by atoms with Crippen molar-refractivity contribution in [3.63, 3.8) is 0 Å². The summed E-state index contributed by atoms with van der Waals surface area (Å²) in [6.07, 6.45) is 3.70. The van der Waals surface area contributed by atoms with Crippen molar-refractivity contribution >= 4 is 33.4 Å². The second-order valence-corrected chi connectivity index (χ2v) is 9.09. The SMILES string of the molecule is CCN(CC)c1ccccc1COC(=O)/C=C/c1ccc(N2CCCS2(=O)=O)cc1. The summed E-state index contributed by atoms with van der Waals surface area (Å²) >= 11 is 0. The van der Waals surface area contributed by atoms with Gasteiger partial charge in [0.05, 0.1) is 11.4 Å². The molecule has 160 valence electrons. The molecule has 1 aliphatic rings. The van der Waals surface area contributed by atoms with Gasteiger partial charge in [-0.3, -0.25) is 4.31 Å². The zero-order valence-electron chi connectivity index (χ0n) is 17.5. The Morgan fingerprint density at radius 3 is 2.43 bits per heavy atom. The lowest BCUT2D eigenvalue weighted by atomic mass is 10.1. The Labute approximate surface area is 178 Å². The molecule has 0 amide bonds. The summed E-state index contributed by atoms with van der Waals surface area (Å²) < 4.78 is 30.9. The number of hydrogen-bond acceptors (Lipinski definition) is 5. The van der Waals surface area contributed by atoms with Crippen molar-refractivity contribution in [2.45, 2.75) is 26.9 Å². The van der Waals surface area contributed by atoms with Gasteiger partial charge >= 0.3 is 5.97 Å². The average molecular weight is 429 g/mol. The van der Waals surface area contributed by atoms with Crippen LogP contribution in [0.4, 0.5) is 11.4 Å². The van der Waals surface area contributed by atoms with Gasteiger partial charge in [-0.1, -0.05) is 30.3 Å². The predicted octanol–water partition coefficient (Wildman–Crippen LogP) is 3.83. The normalized spacial score (nSPS) is 15.5. The highest BCUT2D eigenvalue weighted by molar-refractivity contribution is 7.93. The zero-order chi connectivity index (χ0) is 21.6. The van der Waals surface area contributed by atoms with E-state index >= 15 is 0 Å². The summed E-state index contributed by atoms with van der Waals surface area (Å²) in [5.41, 5.74) is 3.50. The first-order valence-electron chi connectivity index (χ1n) is 10.2. The van der Waals surface area contributed by atoms with Gasteiger partial charge in [-0.2, -0.15) is 0 Å². The molecule has 30 heavy (non-hydrogen) atoms. The monoisotopic (exact) mass is 428 g/mol. The number of carbonyl (C=O) groups excluding carboxylic acids is 1. The van der Waals surface area contributed by atoms with Crippen LogP contribution >= 0.6 is 0 Å². The molecule has 0 bridgehead atoms. The summed E-state index contributed by atoms with van der Waals surface area (Å²) in [4.78, 5) is 14.4. The van der Waals surface area contributed by atoms with E-state index in [1.54, 1.807) is 30.3 Å². The fraction of sp³-hybridized carbons (Fsp3) is 0.348. The van der Waals surface area contributed by atoms with Crippen LogP contribution in [0.5, 0.6) is 0 Å². The molecule has 0 atom stereocenters. The Morgan fingerprint density at radius 2 is 1.80 bits per heavy atom. The van der Waals surface area contributed by atoms with E-state index in [1.165, 1.54) is 10.4 Å².